The highest BCUT2D eigenvalue weighted by molar-refractivity contribution is 6.11. The molecule has 0 aliphatic heterocycles. The average molecular weight is 515 g/mol. The maximum absolute atomic E-state index is 12.5. The largest absolute Gasteiger partial charge is 0.460 e. The Balaban J connectivity index is 1.81. The quantitative estimate of drug-likeness (QED) is 0.360. The molecule has 2 amide bonds. The van der Waals surface area contributed by atoms with Crippen molar-refractivity contribution in [1.29, 1.82) is 0 Å². The summed E-state index contributed by atoms with van der Waals surface area (Å²) in [5.74, 6) is -1.25. The molecule has 2 aromatic carbocycles. The highest BCUT2D eigenvalue weighted by Crippen LogP contribution is 2.43. The lowest BCUT2D eigenvalue weighted by Gasteiger charge is -2.19. The van der Waals surface area contributed by atoms with Crippen molar-refractivity contribution in [2.75, 3.05) is 13.1 Å². The fourth-order valence-corrected chi connectivity index (χ4v) is 3.24. The molecule has 11 heteroatoms. The molecule has 1 heterocycles. The van der Waals surface area contributed by atoms with Gasteiger partial charge in [-0.3, -0.25) is 0 Å². The highest BCUT2D eigenvalue weighted by atomic mass is 16.6. The van der Waals surface area contributed by atoms with Gasteiger partial charge in [0, 0.05) is 10.8 Å². The lowest BCUT2D eigenvalue weighted by Crippen LogP contribution is -2.36. The molecule has 11 nitrogen and oxygen atoms in total. The Morgan fingerprint density at radius 2 is 1.16 bits per heavy atom. The van der Waals surface area contributed by atoms with Crippen LogP contribution in [0.15, 0.2) is 41.0 Å². The van der Waals surface area contributed by atoms with Crippen LogP contribution >= 0.6 is 0 Å². The maximum Gasteiger partial charge on any atom is 0.408 e. The predicted molar refractivity (Wildman–Crippen MR) is 133 cm³/mol. The van der Waals surface area contributed by atoms with E-state index in [9.17, 15) is 19.2 Å². The van der Waals surface area contributed by atoms with Crippen LogP contribution in [0.2, 0.25) is 0 Å². The molecule has 0 spiro atoms. The summed E-state index contributed by atoms with van der Waals surface area (Å²) in [7, 11) is 0. The zero-order chi connectivity index (χ0) is 27.4. The van der Waals surface area contributed by atoms with E-state index in [1.54, 1.807) is 71.9 Å². The van der Waals surface area contributed by atoms with E-state index in [0.29, 0.717) is 16.2 Å². The van der Waals surface area contributed by atoms with Gasteiger partial charge in [-0.15, -0.1) is 0 Å². The van der Waals surface area contributed by atoms with Gasteiger partial charge < -0.3 is 34.0 Å². The average Bonchev–Trinajstić information content (AvgIpc) is 3.26. The summed E-state index contributed by atoms with van der Waals surface area (Å²) in [6.45, 7) is 9.33. The number of hydrogen-bond acceptors (Lipinski definition) is 9. The third-order valence-electron chi connectivity index (χ3n) is 4.52. The molecule has 37 heavy (non-hydrogen) atoms. The first-order valence-electron chi connectivity index (χ1n) is 11.5. The number of amides is 2. The zero-order valence-electron chi connectivity index (χ0n) is 21.6. The first kappa shape index (κ1) is 27.3. The molecule has 0 aliphatic carbocycles. The maximum atomic E-state index is 12.5. The van der Waals surface area contributed by atoms with Crippen LogP contribution in [-0.2, 0) is 19.1 Å². The summed E-state index contributed by atoms with van der Waals surface area (Å²) in [6.07, 6.45) is -0.166. The van der Waals surface area contributed by atoms with Crippen LogP contribution in [0.3, 0.4) is 0 Å². The van der Waals surface area contributed by atoms with E-state index < -0.39 is 48.4 Å². The molecule has 0 fully saturated rings. The van der Waals surface area contributed by atoms with E-state index in [-0.39, 0.29) is 17.1 Å². The topological polar surface area (TPSA) is 142 Å². The standard InChI is InChI=1S/C26H30N2O9/c1-25(2,3)36-23(31)27-13-18(29)34-20-15-9-7-8-10-16(15)22(21-17(20)11-12-33-21)35-19(30)14-28-24(32)37-26(4,5)6/h7-12H,13-14H2,1-6H3,(H,27,31)(H,28,32). The second kappa shape index (κ2) is 10.8. The second-order valence-electron chi connectivity index (χ2n) is 10.0. The van der Waals surface area contributed by atoms with E-state index in [0.717, 1.165) is 0 Å². The van der Waals surface area contributed by atoms with Crippen LogP contribution in [0, 0.1) is 0 Å². The minimum absolute atomic E-state index is 0.0956. The van der Waals surface area contributed by atoms with Crippen LogP contribution in [0.5, 0.6) is 11.5 Å². The molecule has 3 rings (SSSR count). The van der Waals surface area contributed by atoms with E-state index in [2.05, 4.69) is 10.6 Å². The Bertz CT molecular complexity index is 1230. The summed E-state index contributed by atoms with van der Waals surface area (Å²) in [6, 6.07) is 8.34. The van der Waals surface area contributed by atoms with Crippen molar-refractivity contribution in [2.45, 2.75) is 52.7 Å². The molecule has 198 valence electrons. The van der Waals surface area contributed by atoms with E-state index in [1.807, 2.05) is 0 Å². The van der Waals surface area contributed by atoms with Crippen molar-refractivity contribution < 1.29 is 42.5 Å². The Morgan fingerprint density at radius 1 is 0.703 bits per heavy atom. The van der Waals surface area contributed by atoms with E-state index >= 15 is 0 Å². The van der Waals surface area contributed by atoms with Gasteiger partial charge in [-0.1, -0.05) is 24.3 Å². The minimum Gasteiger partial charge on any atom is -0.460 e. The first-order chi connectivity index (χ1) is 17.2. The number of carbonyl (C=O) groups is 4. The molecule has 0 aliphatic rings. The first-order valence-corrected chi connectivity index (χ1v) is 11.5. The van der Waals surface area contributed by atoms with Crippen molar-refractivity contribution in [3.8, 4) is 11.5 Å². The number of alkyl carbamates (subject to hydrolysis) is 2. The summed E-state index contributed by atoms with van der Waals surface area (Å²) in [5.41, 5.74) is -1.28. The molecule has 1 aromatic heterocycles. The van der Waals surface area contributed by atoms with Crippen molar-refractivity contribution in [3.63, 3.8) is 0 Å². The Labute approximate surface area is 213 Å². The number of hydrogen-bond donors (Lipinski definition) is 2. The summed E-state index contributed by atoms with van der Waals surface area (Å²) < 4.78 is 26.9. The number of carbonyl (C=O) groups excluding carboxylic acids is 4. The fraction of sp³-hybridized carbons (Fsp3) is 0.385. The van der Waals surface area contributed by atoms with Gasteiger partial charge >= 0.3 is 24.1 Å². The van der Waals surface area contributed by atoms with Crippen LogP contribution in [0.1, 0.15) is 41.5 Å². The fourth-order valence-electron chi connectivity index (χ4n) is 3.24. The number of benzene rings is 2. The van der Waals surface area contributed by atoms with E-state index in [1.165, 1.54) is 6.26 Å². The Morgan fingerprint density at radius 3 is 1.65 bits per heavy atom. The van der Waals surface area contributed by atoms with Crippen molar-refractivity contribution >= 4 is 45.9 Å². The number of rotatable bonds is 6. The molecular formula is C26H30N2O9. The molecule has 0 atom stereocenters. The van der Waals surface area contributed by atoms with Gasteiger partial charge in [0.05, 0.1) is 11.6 Å². The van der Waals surface area contributed by atoms with Gasteiger partial charge in [-0.25, -0.2) is 19.2 Å². The van der Waals surface area contributed by atoms with Crippen LogP contribution in [0.4, 0.5) is 9.59 Å². The molecule has 3 aromatic rings. The SMILES string of the molecule is CC(C)(C)OC(=O)NCC(=O)Oc1c2ccccc2c(OC(=O)CNC(=O)OC(C)(C)C)c2occc12. The third-order valence-corrected chi connectivity index (χ3v) is 4.52. The van der Waals surface area contributed by atoms with Crippen LogP contribution in [0.25, 0.3) is 21.7 Å². The number of furan rings is 1. The number of esters is 2. The van der Waals surface area contributed by atoms with Crippen molar-refractivity contribution in [3.05, 3.63) is 36.6 Å². The van der Waals surface area contributed by atoms with Gasteiger partial charge in [-0.05, 0) is 47.6 Å². The summed E-state index contributed by atoms with van der Waals surface area (Å²) in [5, 5.41) is 5.95. The van der Waals surface area contributed by atoms with Crippen LogP contribution in [-0.4, -0.2) is 48.4 Å². The molecule has 0 saturated carbocycles. The van der Waals surface area contributed by atoms with Crippen molar-refractivity contribution in [2.24, 2.45) is 0 Å². The molecule has 0 radical (unpaired) electrons. The summed E-state index contributed by atoms with van der Waals surface area (Å²) >= 11 is 0. The monoisotopic (exact) mass is 514 g/mol. The zero-order valence-corrected chi connectivity index (χ0v) is 21.6. The predicted octanol–water partition coefficient (Wildman–Crippen LogP) is 4.45. The van der Waals surface area contributed by atoms with Gasteiger partial charge in [0.15, 0.2) is 11.3 Å². The molecule has 0 bridgehead atoms. The van der Waals surface area contributed by atoms with E-state index in [4.69, 9.17) is 23.4 Å². The lowest BCUT2D eigenvalue weighted by atomic mass is 10.1. The smallest absolute Gasteiger partial charge is 0.408 e. The lowest BCUT2D eigenvalue weighted by molar-refractivity contribution is -0.134. The van der Waals surface area contributed by atoms with Gasteiger partial charge in [-0.2, -0.15) is 0 Å². The highest BCUT2D eigenvalue weighted by Gasteiger charge is 2.24. The number of ether oxygens (including phenoxy) is 4. The third kappa shape index (κ3) is 7.60. The summed E-state index contributed by atoms with van der Waals surface area (Å²) in [4.78, 5) is 48.8. The molecule has 0 saturated heterocycles. The molecule has 2 N–H and O–H groups in total. The second-order valence-corrected chi connectivity index (χ2v) is 10.0. The number of fused-ring (bicyclic) bond motifs is 2. The van der Waals surface area contributed by atoms with Gasteiger partial charge in [0.1, 0.15) is 30.0 Å². The number of nitrogens with one attached hydrogen (secondary N) is 2. The van der Waals surface area contributed by atoms with Gasteiger partial charge in [0.2, 0.25) is 0 Å². The van der Waals surface area contributed by atoms with Crippen LogP contribution < -0.4 is 20.1 Å². The van der Waals surface area contributed by atoms with Gasteiger partial charge in [0.25, 0.3) is 0 Å². The normalized spacial score (nSPS) is 11.6. The Kier molecular flexibility index (Phi) is 7.95. The Hall–Kier alpha value is -4.28. The molecular weight excluding hydrogens is 484 g/mol. The molecule has 0 unspecified atom stereocenters. The van der Waals surface area contributed by atoms with Crippen molar-refractivity contribution in [1.82, 2.24) is 10.6 Å². The minimum atomic E-state index is -0.764.